The number of benzene rings is 1. The van der Waals surface area contributed by atoms with Gasteiger partial charge in [-0.25, -0.2) is 17.5 Å². The van der Waals surface area contributed by atoms with Crippen LogP contribution in [0.5, 0.6) is 5.75 Å². The van der Waals surface area contributed by atoms with E-state index in [2.05, 4.69) is 10.6 Å². The van der Waals surface area contributed by atoms with Crippen molar-refractivity contribution in [3.8, 4) is 5.75 Å². The summed E-state index contributed by atoms with van der Waals surface area (Å²) in [6.07, 6.45) is 1.88. The minimum absolute atomic E-state index is 0.00549. The van der Waals surface area contributed by atoms with E-state index in [1.807, 2.05) is 6.07 Å². The molecule has 1 saturated heterocycles. The van der Waals surface area contributed by atoms with Crippen LogP contribution in [0.4, 0.5) is 4.79 Å². The smallest absolute Gasteiger partial charge is 0.315 e. The summed E-state index contributed by atoms with van der Waals surface area (Å²) in [7, 11) is -3.14. The van der Waals surface area contributed by atoms with Crippen molar-refractivity contribution in [3.05, 3.63) is 29.8 Å². The number of carbonyl (C=O) groups is 1. The highest BCUT2D eigenvalue weighted by molar-refractivity contribution is 7.89. The molecule has 1 aliphatic rings. The summed E-state index contributed by atoms with van der Waals surface area (Å²) < 4.78 is 25.1. The molecule has 0 saturated carbocycles. The standard InChI is InChI=1S/C16H25N3O4S/c1-2-24(22,23)19-10-7-14(8-11-19)18-16(21)17-9-6-13-4-3-5-15(20)12-13/h3-5,12,14,20H,2,6-11H2,1H3,(H2,17,18,21). The summed E-state index contributed by atoms with van der Waals surface area (Å²) in [6.45, 7) is 3.01. The maximum Gasteiger partial charge on any atom is 0.315 e. The van der Waals surface area contributed by atoms with Gasteiger partial charge < -0.3 is 15.7 Å². The first-order valence-corrected chi connectivity index (χ1v) is 9.81. The van der Waals surface area contributed by atoms with Gasteiger partial charge in [0.25, 0.3) is 0 Å². The number of hydrogen-bond donors (Lipinski definition) is 3. The van der Waals surface area contributed by atoms with Gasteiger partial charge in [-0.3, -0.25) is 0 Å². The Bertz CT molecular complexity index is 655. The van der Waals surface area contributed by atoms with Crippen molar-refractivity contribution in [1.29, 1.82) is 0 Å². The third-order valence-corrected chi connectivity index (χ3v) is 6.04. The Morgan fingerprint density at radius 1 is 1.33 bits per heavy atom. The van der Waals surface area contributed by atoms with Gasteiger partial charge in [-0.15, -0.1) is 0 Å². The average molecular weight is 355 g/mol. The molecular formula is C16H25N3O4S. The SMILES string of the molecule is CCS(=O)(=O)N1CCC(NC(=O)NCCc2cccc(O)c2)CC1. The van der Waals surface area contributed by atoms with Crippen molar-refractivity contribution in [2.75, 3.05) is 25.4 Å². The molecule has 1 fully saturated rings. The van der Waals surface area contributed by atoms with Crippen LogP contribution >= 0.6 is 0 Å². The van der Waals surface area contributed by atoms with E-state index in [1.165, 1.54) is 4.31 Å². The number of piperidine rings is 1. The number of nitrogens with one attached hydrogen (secondary N) is 2. The third kappa shape index (κ3) is 5.38. The molecule has 0 aliphatic carbocycles. The number of nitrogens with zero attached hydrogens (tertiary/aromatic N) is 1. The molecule has 0 bridgehead atoms. The zero-order valence-electron chi connectivity index (χ0n) is 13.9. The fourth-order valence-electron chi connectivity index (χ4n) is 2.73. The maximum atomic E-state index is 11.9. The molecule has 0 aromatic heterocycles. The Labute approximate surface area is 143 Å². The second-order valence-corrected chi connectivity index (χ2v) is 8.15. The topological polar surface area (TPSA) is 98.7 Å². The van der Waals surface area contributed by atoms with E-state index in [1.54, 1.807) is 25.1 Å². The first-order chi connectivity index (χ1) is 11.4. The lowest BCUT2D eigenvalue weighted by Crippen LogP contribution is -2.49. The van der Waals surface area contributed by atoms with Crippen molar-refractivity contribution >= 4 is 16.1 Å². The number of carbonyl (C=O) groups excluding carboxylic acids is 1. The van der Waals surface area contributed by atoms with Gasteiger partial charge in [-0.2, -0.15) is 0 Å². The quantitative estimate of drug-likeness (QED) is 0.710. The largest absolute Gasteiger partial charge is 0.508 e. The van der Waals surface area contributed by atoms with Crippen molar-refractivity contribution in [1.82, 2.24) is 14.9 Å². The molecular weight excluding hydrogens is 330 g/mol. The van der Waals surface area contributed by atoms with E-state index in [-0.39, 0.29) is 23.6 Å². The van der Waals surface area contributed by atoms with Gasteiger partial charge in [-0.1, -0.05) is 12.1 Å². The fraction of sp³-hybridized carbons (Fsp3) is 0.562. The Kier molecular flexibility index (Phi) is 6.44. The van der Waals surface area contributed by atoms with Crippen LogP contribution in [0.1, 0.15) is 25.3 Å². The lowest BCUT2D eigenvalue weighted by molar-refractivity contribution is 0.228. The van der Waals surface area contributed by atoms with Crippen molar-refractivity contribution < 1.29 is 18.3 Å². The molecule has 8 heteroatoms. The highest BCUT2D eigenvalue weighted by Crippen LogP contribution is 2.14. The summed E-state index contributed by atoms with van der Waals surface area (Å²) in [4.78, 5) is 11.9. The van der Waals surface area contributed by atoms with Gasteiger partial charge in [0.1, 0.15) is 5.75 Å². The number of phenolic OH excluding ortho intramolecular Hbond substituents is 1. The molecule has 0 atom stereocenters. The fourth-order valence-corrected chi connectivity index (χ4v) is 3.86. The number of amides is 2. The summed E-state index contributed by atoms with van der Waals surface area (Å²) in [5.41, 5.74) is 0.952. The second kappa shape index (κ2) is 8.34. The van der Waals surface area contributed by atoms with Crippen LogP contribution < -0.4 is 10.6 Å². The molecule has 7 nitrogen and oxygen atoms in total. The Morgan fingerprint density at radius 2 is 2.04 bits per heavy atom. The summed E-state index contributed by atoms with van der Waals surface area (Å²) in [6, 6.07) is 6.69. The number of phenols is 1. The number of rotatable bonds is 6. The number of hydrogen-bond acceptors (Lipinski definition) is 4. The number of urea groups is 1. The van der Waals surface area contributed by atoms with E-state index in [9.17, 15) is 18.3 Å². The zero-order chi connectivity index (χ0) is 17.6. The normalized spacial score (nSPS) is 16.7. The molecule has 2 rings (SSSR count). The highest BCUT2D eigenvalue weighted by Gasteiger charge is 2.27. The molecule has 0 spiro atoms. The molecule has 0 unspecified atom stereocenters. The monoisotopic (exact) mass is 355 g/mol. The summed E-state index contributed by atoms with van der Waals surface area (Å²) in [5, 5.41) is 15.1. The Hall–Kier alpha value is -1.80. The van der Waals surface area contributed by atoms with E-state index in [0.29, 0.717) is 38.9 Å². The van der Waals surface area contributed by atoms with Crippen molar-refractivity contribution in [2.45, 2.75) is 32.2 Å². The van der Waals surface area contributed by atoms with E-state index in [0.717, 1.165) is 5.56 Å². The predicted octanol–water partition coefficient (Wildman–Crippen LogP) is 1.05. The number of sulfonamides is 1. The molecule has 1 aromatic carbocycles. The van der Waals surface area contributed by atoms with Crippen LogP contribution in [0.3, 0.4) is 0 Å². The minimum Gasteiger partial charge on any atom is -0.508 e. The Morgan fingerprint density at radius 3 is 2.67 bits per heavy atom. The molecule has 24 heavy (non-hydrogen) atoms. The number of aromatic hydroxyl groups is 1. The molecule has 2 amide bonds. The van der Waals surface area contributed by atoms with Crippen LogP contribution in [0.15, 0.2) is 24.3 Å². The van der Waals surface area contributed by atoms with Gasteiger partial charge in [0.2, 0.25) is 10.0 Å². The second-order valence-electron chi connectivity index (χ2n) is 5.89. The first-order valence-electron chi connectivity index (χ1n) is 8.21. The lowest BCUT2D eigenvalue weighted by atomic mass is 10.1. The molecule has 1 aliphatic heterocycles. The zero-order valence-corrected chi connectivity index (χ0v) is 14.7. The molecule has 0 radical (unpaired) electrons. The van der Waals surface area contributed by atoms with Gasteiger partial charge in [0, 0.05) is 25.7 Å². The van der Waals surface area contributed by atoms with E-state index in [4.69, 9.17) is 0 Å². The van der Waals surface area contributed by atoms with Gasteiger partial charge >= 0.3 is 6.03 Å². The lowest BCUT2D eigenvalue weighted by Gasteiger charge is -2.31. The van der Waals surface area contributed by atoms with Gasteiger partial charge in [-0.05, 0) is 43.9 Å². The summed E-state index contributed by atoms with van der Waals surface area (Å²) in [5.74, 6) is 0.325. The van der Waals surface area contributed by atoms with E-state index < -0.39 is 10.0 Å². The highest BCUT2D eigenvalue weighted by atomic mass is 32.2. The summed E-state index contributed by atoms with van der Waals surface area (Å²) >= 11 is 0. The average Bonchev–Trinajstić information content (AvgIpc) is 2.55. The molecule has 134 valence electrons. The predicted molar refractivity (Wildman–Crippen MR) is 92.4 cm³/mol. The molecule has 1 aromatic rings. The Balaban J connectivity index is 1.68. The van der Waals surface area contributed by atoms with Crippen molar-refractivity contribution in [3.63, 3.8) is 0 Å². The third-order valence-electron chi connectivity index (χ3n) is 4.16. The van der Waals surface area contributed by atoms with Crippen LogP contribution in [0.2, 0.25) is 0 Å². The molecule has 1 heterocycles. The van der Waals surface area contributed by atoms with E-state index >= 15 is 0 Å². The van der Waals surface area contributed by atoms with Crippen LogP contribution in [-0.4, -0.2) is 55.3 Å². The van der Waals surface area contributed by atoms with Gasteiger partial charge in [0.05, 0.1) is 5.75 Å². The van der Waals surface area contributed by atoms with Crippen molar-refractivity contribution in [2.24, 2.45) is 0 Å². The first kappa shape index (κ1) is 18.5. The van der Waals surface area contributed by atoms with Crippen LogP contribution in [-0.2, 0) is 16.4 Å². The van der Waals surface area contributed by atoms with Crippen LogP contribution in [0.25, 0.3) is 0 Å². The maximum absolute atomic E-state index is 11.9. The molecule has 3 N–H and O–H groups in total. The minimum atomic E-state index is -3.14. The van der Waals surface area contributed by atoms with Gasteiger partial charge in [0.15, 0.2) is 0 Å². The van der Waals surface area contributed by atoms with Crippen LogP contribution in [0, 0.1) is 0 Å².